The lowest BCUT2D eigenvalue weighted by Crippen LogP contribution is -2.52. The van der Waals surface area contributed by atoms with Crippen LogP contribution in [0.15, 0.2) is 53.5 Å². The Morgan fingerprint density at radius 3 is 2.40 bits per heavy atom. The van der Waals surface area contributed by atoms with Crippen LogP contribution in [-0.4, -0.2) is 23.8 Å². The van der Waals surface area contributed by atoms with Crippen molar-refractivity contribution in [1.82, 2.24) is 4.90 Å². The number of nitriles is 2. The van der Waals surface area contributed by atoms with Gasteiger partial charge in [-0.15, -0.1) is 0 Å². The van der Waals surface area contributed by atoms with Gasteiger partial charge >= 0.3 is 0 Å². The third-order valence-corrected chi connectivity index (χ3v) is 6.62. The molecule has 0 unspecified atom stereocenters. The fourth-order valence-corrected chi connectivity index (χ4v) is 4.52. The molecule has 2 aromatic rings. The molecule has 0 aromatic heterocycles. The van der Waals surface area contributed by atoms with Crippen LogP contribution >= 0.6 is 0 Å². The summed E-state index contributed by atoms with van der Waals surface area (Å²) < 4.78 is 0. The number of benzene rings is 2. The van der Waals surface area contributed by atoms with Crippen molar-refractivity contribution in [2.75, 3.05) is 7.05 Å². The van der Waals surface area contributed by atoms with Gasteiger partial charge < -0.3 is 5.73 Å². The number of nitrogens with two attached hydrogens (primary N) is 1. The van der Waals surface area contributed by atoms with Crippen molar-refractivity contribution in [3.8, 4) is 12.1 Å². The quantitative estimate of drug-likeness (QED) is 0.857. The normalized spacial score (nSPS) is 24.9. The highest BCUT2D eigenvalue weighted by Gasteiger charge is 2.47. The summed E-state index contributed by atoms with van der Waals surface area (Å²) in [6.45, 7) is 1.88. The molecular formula is C24H23N5O. The Morgan fingerprint density at radius 1 is 1.13 bits per heavy atom. The van der Waals surface area contributed by atoms with E-state index in [2.05, 4.69) is 12.1 Å². The van der Waals surface area contributed by atoms with Crippen molar-refractivity contribution in [3.63, 3.8) is 0 Å². The number of guanidine groups is 1. The van der Waals surface area contributed by atoms with Crippen LogP contribution in [0, 0.1) is 22.7 Å². The molecule has 6 nitrogen and oxygen atoms in total. The van der Waals surface area contributed by atoms with Gasteiger partial charge in [-0.05, 0) is 55.0 Å². The molecule has 150 valence electrons. The molecule has 2 aromatic carbocycles. The molecule has 1 saturated carbocycles. The van der Waals surface area contributed by atoms with Crippen molar-refractivity contribution in [2.45, 2.75) is 43.1 Å². The molecule has 6 heteroatoms. The van der Waals surface area contributed by atoms with Gasteiger partial charge in [0.2, 0.25) is 5.91 Å². The van der Waals surface area contributed by atoms with Crippen LogP contribution in [0.1, 0.15) is 54.4 Å². The number of amides is 1. The lowest BCUT2D eigenvalue weighted by atomic mass is 9.65. The van der Waals surface area contributed by atoms with Crippen molar-refractivity contribution < 1.29 is 4.79 Å². The minimum Gasteiger partial charge on any atom is -0.369 e. The van der Waals surface area contributed by atoms with E-state index in [0.29, 0.717) is 5.56 Å². The first-order chi connectivity index (χ1) is 14.3. The number of nitrogens with zero attached hydrogens (tertiary/aromatic N) is 4. The van der Waals surface area contributed by atoms with E-state index >= 15 is 0 Å². The van der Waals surface area contributed by atoms with Crippen LogP contribution in [-0.2, 0) is 15.7 Å². The van der Waals surface area contributed by atoms with Gasteiger partial charge in [0.15, 0.2) is 5.96 Å². The second-order valence-electron chi connectivity index (χ2n) is 8.31. The molecule has 0 radical (unpaired) electrons. The van der Waals surface area contributed by atoms with Crippen LogP contribution in [0.25, 0.3) is 0 Å². The Bertz CT molecular complexity index is 1120. The number of hydrogen-bond donors (Lipinski definition) is 1. The number of rotatable bonds is 3. The molecule has 2 atom stereocenters. The summed E-state index contributed by atoms with van der Waals surface area (Å²) in [5.41, 5.74) is 7.78. The van der Waals surface area contributed by atoms with E-state index in [1.807, 2.05) is 37.3 Å². The minimum absolute atomic E-state index is 0.149. The second kappa shape index (κ2) is 7.00. The fourth-order valence-electron chi connectivity index (χ4n) is 4.52. The SMILES string of the molecule is CN1C(=O)[C@@H](c2ccc(C3(C#N)CCC3)cc2)[C@@](C)(c2cccc(C#N)c2)N=C1N. The molecule has 0 saturated heterocycles. The second-order valence-corrected chi connectivity index (χ2v) is 8.31. The average Bonchev–Trinajstić information content (AvgIpc) is 2.73. The zero-order valence-electron chi connectivity index (χ0n) is 17.1. The first-order valence-electron chi connectivity index (χ1n) is 10.00. The van der Waals surface area contributed by atoms with Gasteiger partial charge in [0.05, 0.1) is 29.0 Å². The number of likely N-dealkylation sites (N-methyl/N-ethyl adjacent to an activating group) is 1. The van der Waals surface area contributed by atoms with Crippen LogP contribution in [0.2, 0.25) is 0 Å². The van der Waals surface area contributed by atoms with Crippen LogP contribution < -0.4 is 5.73 Å². The number of carbonyl (C=O) groups excluding carboxylic acids is 1. The molecule has 0 spiro atoms. The average molecular weight is 397 g/mol. The summed E-state index contributed by atoms with van der Waals surface area (Å²) in [6.07, 6.45) is 2.80. The highest BCUT2D eigenvalue weighted by Crippen LogP contribution is 2.46. The molecule has 2 N–H and O–H groups in total. The van der Waals surface area contributed by atoms with E-state index in [1.165, 1.54) is 4.90 Å². The molecule has 1 amide bonds. The van der Waals surface area contributed by atoms with Crippen molar-refractivity contribution >= 4 is 11.9 Å². The Labute approximate surface area is 176 Å². The van der Waals surface area contributed by atoms with Gasteiger partial charge in [-0.25, -0.2) is 4.99 Å². The van der Waals surface area contributed by atoms with E-state index < -0.39 is 16.9 Å². The summed E-state index contributed by atoms with van der Waals surface area (Å²) in [6, 6.07) is 19.5. The highest BCUT2D eigenvalue weighted by molar-refractivity contribution is 6.02. The standard InChI is InChI=1S/C24H23N5O/c1-23(19-6-3-5-16(13-19)14-25)20(21(30)29(2)22(27)28-23)17-7-9-18(10-8-17)24(15-26)11-4-12-24/h3,5-10,13,20H,4,11-12H2,1-2H3,(H2,27,28)/t20-,23-/m1/s1. The maximum absolute atomic E-state index is 13.3. The highest BCUT2D eigenvalue weighted by atomic mass is 16.2. The van der Waals surface area contributed by atoms with Gasteiger partial charge in [0.1, 0.15) is 5.54 Å². The molecule has 1 aliphatic heterocycles. The van der Waals surface area contributed by atoms with Gasteiger partial charge in [-0.3, -0.25) is 9.69 Å². The van der Waals surface area contributed by atoms with E-state index in [-0.39, 0.29) is 11.9 Å². The molecule has 0 bridgehead atoms. The van der Waals surface area contributed by atoms with Crippen molar-refractivity contribution in [2.24, 2.45) is 10.7 Å². The molecule has 2 aliphatic rings. The van der Waals surface area contributed by atoms with Gasteiger partial charge in [-0.1, -0.05) is 36.4 Å². The first kappa shape index (κ1) is 19.7. The number of carbonyl (C=O) groups is 1. The van der Waals surface area contributed by atoms with Gasteiger partial charge in [0, 0.05) is 7.05 Å². The van der Waals surface area contributed by atoms with Crippen molar-refractivity contribution in [1.29, 1.82) is 10.5 Å². The Kier molecular flexibility index (Phi) is 4.59. The number of hydrogen-bond acceptors (Lipinski definition) is 5. The molecule has 4 rings (SSSR count). The topological polar surface area (TPSA) is 106 Å². The van der Waals surface area contributed by atoms with Gasteiger partial charge in [-0.2, -0.15) is 10.5 Å². The van der Waals surface area contributed by atoms with Gasteiger partial charge in [0.25, 0.3) is 0 Å². The fraction of sp³-hybridized carbons (Fsp3) is 0.333. The Hall–Kier alpha value is -3.64. The van der Waals surface area contributed by atoms with E-state index in [0.717, 1.165) is 36.0 Å². The monoisotopic (exact) mass is 397 g/mol. The summed E-state index contributed by atoms with van der Waals surface area (Å²) in [4.78, 5) is 19.4. The summed E-state index contributed by atoms with van der Waals surface area (Å²) in [5.74, 6) is -0.605. The smallest absolute Gasteiger partial charge is 0.239 e. The maximum atomic E-state index is 13.3. The third kappa shape index (κ3) is 2.84. The van der Waals surface area contributed by atoms with Crippen molar-refractivity contribution in [3.05, 3.63) is 70.8 Å². The van der Waals surface area contributed by atoms with Crippen LogP contribution in [0.4, 0.5) is 0 Å². The first-order valence-corrected chi connectivity index (χ1v) is 10.00. The van der Waals surface area contributed by atoms with E-state index in [9.17, 15) is 15.3 Å². The molecular weight excluding hydrogens is 374 g/mol. The Balaban J connectivity index is 1.82. The predicted octanol–water partition coefficient (Wildman–Crippen LogP) is 3.29. The zero-order chi connectivity index (χ0) is 21.5. The van der Waals surface area contributed by atoms with E-state index in [4.69, 9.17) is 10.7 Å². The summed E-state index contributed by atoms with van der Waals surface area (Å²) >= 11 is 0. The number of aliphatic imine (C=N–C) groups is 1. The molecule has 1 aliphatic carbocycles. The third-order valence-electron chi connectivity index (χ3n) is 6.62. The predicted molar refractivity (Wildman–Crippen MR) is 113 cm³/mol. The van der Waals surface area contributed by atoms with E-state index in [1.54, 1.807) is 25.2 Å². The largest absolute Gasteiger partial charge is 0.369 e. The van der Waals surface area contributed by atoms with Crippen LogP contribution in [0.5, 0.6) is 0 Å². The lowest BCUT2D eigenvalue weighted by molar-refractivity contribution is -0.130. The lowest BCUT2D eigenvalue weighted by Gasteiger charge is -2.41. The summed E-state index contributed by atoms with van der Waals surface area (Å²) in [5, 5.41) is 18.9. The summed E-state index contributed by atoms with van der Waals surface area (Å²) in [7, 11) is 1.62. The molecule has 1 fully saturated rings. The maximum Gasteiger partial charge on any atom is 0.239 e. The Morgan fingerprint density at radius 2 is 1.83 bits per heavy atom. The zero-order valence-corrected chi connectivity index (χ0v) is 17.1. The molecule has 1 heterocycles. The molecule has 30 heavy (non-hydrogen) atoms. The van der Waals surface area contributed by atoms with Crippen LogP contribution in [0.3, 0.4) is 0 Å². The minimum atomic E-state index is -0.953.